The molecule has 0 unspecified atom stereocenters. The molecule has 0 spiro atoms. The van der Waals surface area contributed by atoms with Crippen LogP contribution in [0.3, 0.4) is 0 Å². The van der Waals surface area contributed by atoms with Crippen LogP contribution in [0.25, 0.3) is 0 Å². The number of carboxylic acids is 1. The third-order valence-electron chi connectivity index (χ3n) is 4.68. The zero-order valence-corrected chi connectivity index (χ0v) is 17.2. The fraction of sp³-hybridized carbons (Fsp3) is 0.304. The van der Waals surface area contributed by atoms with Crippen molar-refractivity contribution in [1.29, 1.82) is 0 Å². The molecule has 2 aromatic rings. The van der Waals surface area contributed by atoms with Crippen LogP contribution in [0.2, 0.25) is 0 Å². The number of aldehydes is 1. The lowest BCUT2D eigenvalue weighted by Gasteiger charge is -2.30. The first-order valence-electron chi connectivity index (χ1n) is 9.85. The van der Waals surface area contributed by atoms with Gasteiger partial charge in [0.05, 0.1) is 6.04 Å². The first-order chi connectivity index (χ1) is 14.8. The summed E-state index contributed by atoms with van der Waals surface area (Å²) < 4.78 is 5.20. The van der Waals surface area contributed by atoms with Gasteiger partial charge in [-0.2, -0.15) is 0 Å². The van der Waals surface area contributed by atoms with Gasteiger partial charge in [0.1, 0.15) is 18.4 Å². The lowest BCUT2D eigenvalue weighted by atomic mass is 9.86. The molecule has 0 aliphatic heterocycles. The van der Waals surface area contributed by atoms with Crippen LogP contribution in [0.15, 0.2) is 60.7 Å². The highest BCUT2D eigenvalue weighted by atomic mass is 16.5. The number of ether oxygens (including phenoxy) is 1. The zero-order valence-electron chi connectivity index (χ0n) is 17.2. The van der Waals surface area contributed by atoms with E-state index in [0.717, 1.165) is 5.56 Å². The Bertz CT molecular complexity index is 887. The molecule has 0 heterocycles. The highest BCUT2D eigenvalue weighted by Crippen LogP contribution is 2.21. The molecule has 2 rings (SSSR count). The van der Waals surface area contributed by atoms with Crippen LogP contribution in [0, 0.1) is 0 Å². The van der Waals surface area contributed by atoms with Crippen molar-refractivity contribution in [2.75, 3.05) is 0 Å². The Morgan fingerprint density at radius 2 is 1.61 bits per heavy atom. The van der Waals surface area contributed by atoms with E-state index >= 15 is 0 Å². The van der Waals surface area contributed by atoms with Crippen LogP contribution in [-0.2, 0) is 32.1 Å². The number of carbonyl (C=O) groups is 4. The molecule has 2 aromatic carbocycles. The van der Waals surface area contributed by atoms with Gasteiger partial charge in [-0.25, -0.2) is 9.59 Å². The number of aliphatic carboxylic acids is 1. The minimum Gasteiger partial charge on any atom is -0.479 e. The maximum absolute atomic E-state index is 12.5. The van der Waals surface area contributed by atoms with Crippen molar-refractivity contribution >= 4 is 24.3 Å². The van der Waals surface area contributed by atoms with Gasteiger partial charge < -0.3 is 25.3 Å². The Hall–Kier alpha value is -3.68. The molecule has 2 atom stereocenters. The van der Waals surface area contributed by atoms with Gasteiger partial charge in [-0.05, 0) is 24.5 Å². The van der Waals surface area contributed by atoms with Crippen LogP contribution >= 0.6 is 0 Å². The van der Waals surface area contributed by atoms with Crippen molar-refractivity contribution in [1.82, 2.24) is 10.6 Å². The molecule has 0 aromatic heterocycles. The standard InChI is InChI=1S/C23H26N2O6/c1-17(15-26)24-20(27)12-13-23(21(28)29,14-18-8-4-2-5-9-18)25-22(30)31-16-19-10-6-3-7-11-19/h2-11,15,17H,12-14,16H2,1H3,(H,24,27)(H,25,30)(H,28,29)/t17-,23+/m1/s1. The van der Waals surface area contributed by atoms with Crippen LogP contribution in [0.1, 0.15) is 30.9 Å². The van der Waals surface area contributed by atoms with E-state index in [0.29, 0.717) is 11.8 Å². The number of carbonyl (C=O) groups excluding carboxylic acids is 3. The Labute approximate surface area is 180 Å². The van der Waals surface area contributed by atoms with Crippen molar-refractivity contribution in [3.05, 3.63) is 71.8 Å². The fourth-order valence-corrected chi connectivity index (χ4v) is 3.02. The molecular formula is C23H26N2O6. The predicted octanol–water partition coefficient (Wildman–Crippen LogP) is 2.46. The highest BCUT2D eigenvalue weighted by Gasteiger charge is 2.41. The molecule has 8 heteroatoms. The molecule has 0 aliphatic carbocycles. The molecule has 0 saturated carbocycles. The number of hydrogen-bond donors (Lipinski definition) is 3. The van der Waals surface area contributed by atoms with E-state index in [1.54, 1.807) is 54.6 Å². The Morgan fingerprint density at radius 1 is 1.03 bits per heavy atom. The van der Waals surface area contributed by atoms with Crippen molar-refractivity contribution in [3.63, 3.8) is 0 Å². The van der Waals surface area contributed by atoms with Gasteiger partial charge in [-0.1, -0.05) is 60.7 Å². The molecule has 0 radical (unpaired) electrons. The number of alkyl carbamates (subject to hydrolysis) is 1. The van der Waals surface area contributed by atoms with Crippen molar-refractivity contribution in [2.24, 2.45) is 0 Å². The summed E-state index contributed by atoms with van der Waals surface area (Å²) >= 11 is 0. The van der Waals surface area contributed by atoms with E-state index < -0.39 is 29.6 Å². The number of amides is 2. The monoisotopic (exact) mass is 426 g/mol. The van der Waals surface area contributed by atoms with E-state index in [4.69, 9.17) is 4.74 Å². The molecule has 8 nitrogen and oxygen atoms in total. The summed E-state index contributed by atoms with van der Waals surface area (Å²) in [6.07, 6.45) is -0.749. The number of benzene rings is 2. The topological polar surface area (TPSA) is 122 Å². The quantitative estimate of drug-likeness (QED) is 0.475. The van der Waals surface area contributed by atoms with Gasteiger partial charge in [0, 0.05) is 12.8 Å². The summed E-state index contributed by atoms with van der Waals surface area (Å²) in [5.74, 6) is -1.78. The second-order valence-electron chi connectivity index (χ2n) is 7.23. The smallest absolute Gasteiger partial charge is 0.408 e. The second kappa shape index (κ2) is 11.5. The molecule has 31 heavy (non-hydrogen) atoms. The normalized spacial score (nSPS) is 13.3. The van der Waals surface area contributed by atoms with Crippen LogP contribution in [0.4, 0.5) is 4.79 Å². The first kappa shape index (κ1) is 23.6. The van der Waals surface area contributed by atoms with E-state index in [-0.39, 0.29) is 25.9 Å². The molecule has 3 N–H and O–H groups in total. The third kappa shape index (κ3) is 7.58. The zero-order chi connectivity index (χ0) is 22.7. The van der Waals surface area contributed by atoms with Gasteiger partial charge in [-0.15, -0.1) is 0 Å². The van der Waals surface area contributed by atoms with Gasteiger partial charge in [0.2, 0.25) is 5.91 Å². The minimum atomic E-state index is -1.77. The summed E-state index contributed by atoms with van der Waals surface area (Å²) in [5.41, 5.74) is -0.338. The van der Waals surface area contributed by atoms with Gasteiger partial charge in [0.15, 0.2) is 0 Å². The van der Waals surface area contributed by atoms with E-state index in [1.165, 1.54) is 6.92 Å². The van der Waals surface area contributed by atoms with Gasteiger partial charge >= 0.3 is 12.1 Å². The third-order valence-corrected chi connectivity index (χ3v) is 4.68. The summed E-state index contributed by atoms with van der Waals surface area (Å²) in [6, 6.07) is 17.1. The van der Waals surface area contributed by atoms with Crippen molar-refractivity contribution in [2.45, 2.75) is 44.4 Å². The molecule has 164 valence electrons. The SMILES string of the molecule is C[C@H](C=O)NC(=O)CC[C@@](Cc1ccccc1)(NC(=O)OCc1ccccc1)C(=O)O. The lowest BCUT2D eigenvalue weighted by Crippen LogP contribution is -2.56. The fourth-order valence-electron chi connectivity index (χ4n) is 3.02. The highest BCUT2D eigenvalue weighted by molar-refractivity contribution is 5.86. The molecular weight excluding hydrogens is 400 g/mol. The average Bonchev–Trinajstić information content (AvgIpc) is 2.77. The predicted molar refractivity (Wildman–Crippen MR) is 113 cm³/mol. The summed E-state index contributed by atoms with van der Waals surface area (Å²) in [4.78, 5) is 47.6. The molecule has 0 saturated heterocycles. The molecule has 0 fully saturated rings. The van der Waals surface area contributed by atoms with E-state index in [2.05, 4.69) is 10.6 Å². The van der Waals surface area contributed by atoms with E-state index in [1.807, 2.05) is 6.07 Å². The van der Waals surface area contributed by atoms with Crippen LogP contribution < -0.4 is 10.6 Å². The van der Waals surface area contributed by atoms with Crippen LogP contribution in [0.5, 0.6) is 0 Å². The Kier molecular flexibility index (Phi) is 8.75. The molecule has 0 aliphatic rings. The maximum Gasteiger partial charge on any atom is 0.408 e. The second-order valence-corrected chi connectivity index (χ2v) is 7.23. The largest absolute Gasteiger partial charge is 0.479 e. The van der Waals surface area contributed by atoms with Gasteiger partial charge in [0.25, 0.3) is 0 Å². The Morgan fingerprint density at radius 3 is 2.16 bits per heavy atom. The van der Waals surface area contributed by atoms with E-state index in [9.17, 15) is 24.3 Å². The minimum absolute atomic E-state index is 0.0228. The summed E-state index contributed by atoms with van der Waals surface area (Å²) in [5, 5.41) is 14.9. The average molecular weight is 426 g/mol. The van der Waals surface area contributed by atoms with Gasteiger partial charge in [-0.3, -0.25) is 4.79 Å². The maximum atomic E-state index is 12.5. The number of hydrogen-bond acceptors (Lipinski definition) is 5. The number of rotatable bonds is 11. The van der Waals surface area contributed by atoms with Crippen molar-refractivity contribution in [3.8, 4) is 0 Å². The lowest BCUT2D eigenvalue weighted by molar-refractivity contribution is -0.145. The first-order valence-corrected chi connectivity index (χ1v) is 9.85. The summed E-state index contributed by atoms with van der Waals surface area (Å²) in [6.45, 7) is 1.49. The summed E-state index contributed by atoms with van der Waals surface area (Å²) in [7, 11) is 0. The Balaban J connectivity index is 2.15. The number of carboxylic acid groups (broad SMARTS) is 1. The van der Waals surface area contributed by atoms with Crippen molar-refractivity contribution < 1.29 is 29.0 Å². The molecule has 2 amide bonds. The number of nitrogens with one attached hydrogen (secondary N) is 2. The molecule has 0 bridgehead atoms. The van der Waals surface area contributed by atoms with Crippen LogP contribution in [-0.4, -0.2) is 40.9 Å².